The predicted molar refractivity (Wildman–Crippen MR) is 123 cm³/mol. The molecular formula is C24H20N4O4S. The van der Waals surface area contributed by atoms with Crippen LogP contribution in [-0.2, 0) is 27.8 Å². The average molecular weight is 461 g/mol. The number of carbonyl (C=O) groups is 1. The number of rotatable bonds is 5. The summed E-state index contributed by atoms with van der Waals surface area (Å²) in [4.78, 5) is 19.1. The largest absolute Gasteiger partial charge is 0.509 e. The van der Waals surface area contributed by atoms with Crippen molar-refractivity contribution in [2.75, 3.05) is 5.32 Å². The molecule has 1 atom stereocenters. The molecule has 0 aliphatic carbocycles. The first kappa shape index (κ1) is 20.9. The Balaban J connectivity index is 1.56. The van der Waals surface area contributed by atoms with Crippen LogP contribution in [0.4, 0.5) is 5.69 Å². The monoisotopic (exact) mass is 460 g/mol. The number of amides is 1. The summed E-state index contributed by atoms with van der Waals surface area (Å²) in [6.07, 6.45) is 3.63. The number of aliphatic hydroxyl groups is 1. The summed E-state index contributed by atoms with van der Waals surface area (Å²) >= 11 is 0. The zero-order valence-electron chi connectivity index (χ0n) is 17.4. The molecule has 1 amide bonds. The Morgan fingerprint density at radius 1 is 0.939 bits per heavy atom. The van der Waals surface area contributed by atoms with Crippen LogP contribution in [0, 0.1) is 0 Å². The number of hydrogen-bond donors (Lipinski definition) is 2. The van der Waals surface area contributed by atoms with E-state index in [9.17, 15) is 18.3 Å². The number of pyridine rings is 1. The Morgan fingerprint density at radius 2 is 1.64 bits per heavy atom. The Morgan fingerprint density at radius 3 is 2.39 bits per heavy atom. The zero-order chi connectivity index (χ0) is 23.0. The molecule has 166 valence electrons. The van der Waals surface area contributed by atoms with E-state index >= 15 is 0 Å². The van der Waals surface area contributed by atoms with Crippen LogP contribution in [0.25, 0.3) is 0 Å². The van der Waals surface area contributed by atoms with Crippen molar-refractivity contribution >= 4 is 27.5 Å². The minimum Gasteiger partial charge on any atom is -0.509 e. The number of carbonyl (C=O) groups excluding carboxylic acids is 1. The van der Waals surface area contributed by atoms with Gasteiger partial charge in [0, 0.05) is 25.4 Å². The maximum absolute atomic E-state index is 13.5. The molecule has 2 aromatic carbocycles. The van der Waals surface area contributed by atoms with Gasteiger partial charge in [0.25, 0.3) is 15.9 Å². The minimum absolute atomic E-state index is 0.0220. The maximum atomic E-state index is 13.5. The molecule has 0 spiro atoms. The van der Waals surface area contributed by atoms with Gasteiger partial charge in [-0.05, 0) is 35.4 Å². The van der Waals surface area contributed by atoms with Crippen molar-refractivity contribution < 1.29 is 18.3 Å². The van der Waals surface area contributed by atoms with E-state index in [1.54, 1.807) is 42.7 Å². The fourth-order valence-electron chi connectivity index (χ4n) is 4.07. The highest BCUT2D eigenvalue weighted by atomic mass is 32.2. The van der Waals surface area contributed by atoms with Crippen LogP contribution < -0.4 is 5.32 Å². The molecule has 8 nitrogen and oxygen atoms in total. The Hall–Kier alpha value is -3.98. The quantitative estimate of drug-likeness (QED) is 0.605. The number of hydrogen-bond acceptors (Lipinski definition) is 6. The number of benzene rings is 2. The topological polar surface area (TPSA) is 112 Å². The fraction of sp³-hybridized carbons (Fsp3) is 0.125. The molecule has 3 aromatic rings. The van der Waals surface area contributed by atoms with E-state index in [2.05, 4.69) is 14.7 Å². The summed E-state index contributed by atoms with van der Waals surface area (Å²) in [7, 11) is -4.03. The lowest BCUT2D eigenvalue weighted by Gasteiger charge is -2.25. The van der Waals surface area contributed by atoms with Gasteiger partial charge in [0.15, 0.2) is 5.84 Å². The van der Waals surface area contributed by atoms with Crippen molar-refractivity contribution in [2.24, 2.45) is 4.40 Å². The molecular weight excluding hydrogens is 440 g/mol. The molecule has 3 heterocycles. The number of para-hydroxylation sites is 1. The van der Waals surface area contributed by atoms with Crippen molar-refractivity contribution in [1.29, 1.82) is 0 Å². The van der Waals surface area contributed by atoms with Gasteiger partial charge in [-0.3, -0.25) is 9.78 Å². The van der Waals surface area contributed by atoms with Crippen LogP contribution >= 0.6 is 0 Å². The van der Waals surface area contributed by atoms with Gasteiger partial charge in [0.05, 0.1) is 11.7 Å². The lowest BCUT2D eigenvalue weighted by Crippen LogP contribution is -2.37. The number of nitrogens with zero attached hydrogens (tertiary/aromatic N) is 3. The lowest BCUT2D eigenvalue weighted by atomic mass is 10.0. The van der Waals surface area contributed by atoms with E-state index in [0.29, 0.717) is 12.1 Å². The molecule has 2 N–H and O–H groups in total. The van der Waals surface area contributed by atoms with E-state index in [0.717, 1.165) is 11.1 Å². The van der Waals surface area contributed by atoms with Crippen LogP contribution in [0.5, 0.6) is 0 Å². The molecule has 1 aromatic heterocycles. The molecule has 33 heavy (non-hydrogen) atoms. The SMILES string of the molecule is O=C1C(C2=NS(=O)(=O)c3ccccc3N2)=C(O)[C@H](Cc2ccccc2)N1Cc1ccncc1. The Bertz CT molecular complexity index is 1390. The summed E-state index contributed by atoms with van der Waals surface area (Å²) in [5, 5.41) is 14.1. The van der Waals surface area contributed by atoms with Gasteiger partial charge in [-0.25, -0.2) is 0 Å². The van der Waals surface area contributed by atoms with Gasteiger partial charge in [0.1, 0.15) is 16.2 Å². The number of nitrogens with one attached hydrogen (secondary N) is 1. The molecule has 5 rings (SSSR count). The minimum atomic E-state index is -4.03. The second-order valence-corrected chi connectivity index (χ2v) is 9.36. The van der Waals surface area contributed by atoms with Gasteiger partial charge in [0.2, 0.25) is 0 Å². The van der Waals surface area contributed by atoms with Crippen molar-refractivity contribution in [3.63, 3.8) is 0 Å². The standard InChI is InChI=1S/C24H20N4O4S/c29-22-19(14-16-6-2-1-3-7-16)28(15-17-10-12-25-13-11-17)24(30)21(22)23-26-18-8-4-5-9-20(18)33(31,32)27-23/h1-13,19,29H,14-15H2,(H,26,27)/t19-/m0/s1. The highest BCUT2D eigenvalue weighted by Crippen LogP contribution is 2.34. The maximum Gasteiger partial charge on any atom is 0.286 e. The molecule has 0 bridgehead atoms. The first-order valence-corrected chi connectivity index (χ1v) is 11.8. The fourth-order valence-corrected chi connectivity index (χ4v) is 5.19. The van der Waals surface area contributed by atoms with E-state index in [-0.39, 0.29) is 28.6 Å². The summed E-state index contributed by atoms with van der Waals surface area (Å²) in [6.45, 7) is 0.225. The lowest BCUT2D eigenvalue weighted by molar-refractivity contribution is -0.127. The van der Waals surface area contributed by atoms with Gasteiger partial charge < -0.3 is 15.3 Å². The molecule has 2 aliphatic rings. The van der Waals surface area contributed by atoms with Crippen molar-refractivity contribution in [1.82, 2.24) is 9.88 Å². The Kier molecular flexibility index (Phi) is 5.18. The normalized spacial score (nSPS) is 19.2. The molecule has 2 aliphatic heterocycles. The Labute approximate surface area is 191 Å². The first-order valence-electron chi connectivity index (χ1n) is 10.3. The second kappa shape index (κ2) is 8.18. The summed E-state index contributed by atoms with van der Waals surface area (Å²) < 4.78 is 29.3. The van der Waals surface area contributed by atoms with Gasteiger partial charge >= 0.3 is 0 Å². The zero-order valence-corrected chi connectivity index (χ0v) is 18.2. The molecule has 0 radical (unpaired) electrons. The van der Waals surface area contributed by atoms with Gasteiger partial charge in [-0.2, -0.15) is 8.42 Å². The van der Waals surface area contributed by atoms with Crippen LogP contribution in [0.3, 0.4) is 0 Å². The highest BCUT2D eigenvalue weighted by molar-refractivity contribution is 7.90. The van der Waals surface area contributed by atoms with Crippen LogP contribution in [0.15, 0.2) is 99.7 Å². The molecule has 0 unspecified atom stereocenters. The first-order chi connectivity index (χ1) is 15.9. The number of amidine groups is 1. The van der Waals surface area contributed by atoms with Crippen molar-refractivity contribution in [3.8, 4) is 0 Å². The predicted octanol–water partition coefficient (Wildman–Crippen LogP) is 3.06. The molecule has 0 saturated heterocycles. The van der Waals surface area contributed by atoms with Gasteiger partial charge in [-0.15, -0.1) is 4.40 Å². The van der Waals surface area contributed by atoms with Crippen LogP contribution in [-0.4, -0.2) is 41.2 Å². The van der Waals surface area contributed by atoms with Crippen LogP contribution in [0.2, 0.25) is 0 Å². The molecule has 0 fully saturated rings. The second-order valence-electron chi connectivity index (χ2n) is 7.79. The smallest absolute Gasteiger partial charge is 0.286 e. The number of anilines is 1. The van der Waals surface area contributed by atoms with E-state index < -0.39 is 22.0 Å². The third kappa shape index (κ3) is 3.87. The van der Waals surface area contributed by atoms with Crippen LogP contribution in [0.1, 0.15) is 11.1 Å². The van der Waals surface area contributed by atoms with E-state index in [4.69, 9.17) is 0 Å². The van der Waals surface area contributed by atoms with Crippen molar-refractivity contribution in [3.05, 3.63) is 102 Å². The van der Waals surface area contributed by atoms with Gasteiger partial charge in [-0.1, -0.05) is 42.5 Å². The molecule has 0 saturated carbocycles. The summed E-state index contributed by atoms with van der Waals surface area (Å²) in [6, 6.07) is 18.7. The third-order valence-corrected chi connectivity index (χ3v) is 7.00. The number of aliphatic hydroxyl groups excluding tert-OH is 1. The molecule has 9 heteroatoms. The van der Waals surface area contributed by atoms with E-state index in [1.165, 1.54) is 11.0 Å². The highest BCUT2D eigenvalue weighted by Gasteiger charge is 2.43. The van der Waals surface area contributed by atoms with E-state index in [1.807, 2.05) is 30.3 Å². The number of aromatic nitrogens is 1. The summed E-state index contributed by atoms with van der Waals surface area (Å²) in [5.41, 5.74) is 1.94. The number of fused-ring (bicyclic) bond motifs is 1. The third-order valence-electron chi connectivity index (χ3n) is 5.66. The van der Waals surface area contributed by atoms with Crippen molar-refractivity contribution in [2.45, 2.75) is 23.9 Å². The summed E-state index contributed by atoms with van der Waals surface area (Å²) in [5.74, 6) is -0.878. The number of sulfonamides is 1. The average Bonchev–Trinajstić information content (AvgIpc) is 3.04.